The minimum Gasteiger partial charge on any atom is -0.306 e. The minimum absolute atomic E-state index is 0.223. The quantitative estimate of drug-likeness (QED) is 0.773. The molecule has 0 bridgehead atoms. The van der Waals surface area contributed by atoms with Crippen molar-refractivity contribution in [1.82, 2.24) is 9.97 Å². The van der Waals surface area contributed by atoms with E-state index in [2.05, 4.69) is 9.97 Å². The third-order valence-corrected chi connectivity index (χ3v) is 4.81. The number of hydrogen-bond donors (Lipinski definition) is 1. The number of aromatic amines is 1. The molecule has 1 aromatic carbocycles. The molecule has 0 atom stereocenters. The Labute approximate surface area is 134 Å². The van der Waals surface area contributed by atoms with E-state index in [9.17, 15) is 13.6 Å². The fourth-order valence-electron chi connectivity index (χ4n) is 2.77. The Morgan fingerprint density at radius 2 is 1.76 bits per heavy atom. The number of H-pyrrole nitrogens is 1. The van der Waals surface area contributed by atoms with E-state index in [1.807, 2.05) is 22.6 Å². The molecule has 3 rings (SSSR count). The molecule has 6 heteroatoms. The average Bonchev–Trinajstić information content (AvgIpc) is 2.94. The fraction of sp³-hybridized carbons (Fsp3) is 0.333. The maximum atomic E-state index is 13.3. The van der Waals surface area contributed by atoms with Crippen LogP contribution in [0, 0.1) is 15.2 Å². The lowest BCUT2D eigenvalue weighted by Gasteiger charge is -2.12. The van der Waals surface area contributed by atoms with E-state index in [4.69, 9.17) is 0 Å². The van der Waals surface area contributed by atoms with Crippen LogP contribution in [0.15, 0.2) is 23.0 Å². The number of benzene rings is 1. The molecule has 1 saturated carbocycles. The topological polar surface area (TPSA) is 45.8 Å². The summed E-state index contributed by atoms with van der Waals surface area (Å²) in [5.74, 6) is -0.890. The highest BCUT2D eigenvalue weighted by molar-refractivity contribution is 14.1. The molecule has 1 aliphatic carbocycles. The van der Waals surface area contributed by atoms with Gasteiger partial charge in [0, 0.05) is 17.5 Å². The predicted octanol–water partition coefficient (Wildman–Crippen LogP) is 3.98. The number of rotatable bonds is 2. The van der Waals surface area contributed by atoms with E-state index in [-0.39, 0.29) is 22.9 Å². The zero-order valence-electron chi connectivity index (χ0n) is 11.1. The summed E-state index contributed by atoms with van der Waals surface area (Å²) >= 11 is 1.99. The van der Waals surface area contributed by atoms with Crippen LogP contribution < -0.4 is 5.56 Å². The molecule has 2 aromatic rings. The Kier molecular flexibility index (Phi) is 4.05. The Morgan fingerprint density at radius 1 is 1.14 bits per heavy atom. The number of nitrogens with one attached hydrogen (secondary N) is 1. The summed E-state index contributed by atoms with van der Waals surface area (Å²) < 4.78 is 27.2. The van der Waals surface area contributed by atoms with Crippen molar-refractivity contribution in [3.63, 3.8) is 0 Å². The zero-order chi connectivity index (χ0) is 15.0. The normalized spacial score (nSPS) is 15.6. The number of halogens is 3. The number of aromatic nitrogens is 2. The van der Waals surface area contributed by atoms with Gasteiger partial charge in [-0.05, 0) is 47.6 Å². The largest absolute Gasteiger partial charge is 0.306 e. The summed E-state index contributed by atoms with van der Waals surface area (Å²) in [7, 11) is 0. The molecule has 0 radical (unpaired) electrons. The third-order valence-electron chi connectivity index (χ3n) is 3.77. The number of nitrogens with zero attached hydrogens (tertiary/aromatic N) is 1. The second kappa shape index (κ2) is 5.82. The smallest absolute Gasteiger partial charge is 0.264 e. The van der Waals surface area contributed by atoms with Gasteiger partial charge in [-0.25, -0.2) is 13.8 Å². The standard InChI is InChI=1S/C15H13F2IN2O/c16-10-5-9(6-11(17)7-10)14-19-13(8-3-1-2-4-8)12(18)15(21)20-14/h5-8H,1-4H2,(H,19,20,21). The second-order valence-corrected chi connectivity index (χ2v) is 6.33. The van der Waals surface area contributed by atoms with Crippen LogP contribution in [0.2, 0.25) is 0 Å². The first-order chi connectivity index (χ1) is 10.0. The van der Waals surface area contributed by atoms with E-state index in [1.165, 1.54) is 12.1 Å². The predicted molar refractivity (Wildman–Crippen MR) is 84.1 cm³/mol. The summed E-state index contributed by atoms with van der Waals surface area (Å²) in [4.78, 5) is 19.1. The summed E-state index contributed by atoms with van der Waals surface area (Å²) in [5.41, 5.74) is 0.740. The van der Waals surface area contributed by atoms with Crippen LogP contribution in [-0.4, -0.2) is 9.97 Å². The SMILES string of the molecule is O=c1[nH]c(-c2cc(F)cc(F)c2)nc(C2CCCC2)c1I. The molecular weight excluding hydrogens is 389 g/mol. The molecule has 1 N–H and O–H groups in total. The van der Waals surface area contributed by atoms with Gasteiger partial charge in [-0.2, -0.15) is 0 Å². The van der Waals surface area contributed by atoms with Gasteiger partial charge >= 0.3 is 0 Å². The van der Waals surface area contributed by atoms with Crippen molar-refractivity contribution in [2.45, 2.75) is 31.6 Å². The summed E-state index contributed by atoms with van der Waals surface area (Å²) in [5, 5.41) is 0. The first-order valence-electron chi connectivity index (χ1n) is 6.81. The lowest BCUT2D eigenvalue weighted by Crippen LogP contribution is -2.18. The van der Waals surface area contributed by atoms with Gasteiger partial charge in [0.1, 0.15) is 17.5 Å². The van der Waals surface area contributed by atoms with Crippen LogP contribution in [0.3, 0.4) is 0 Å². The highest BCUT2D eigenvalue weighted by Crippen LogP contribution is 2.35. The van der Waals surface area contributed by atoms with Gasteiger partial charge in [0.05, 0.1) is 9.26 Å². The average molecular weight is 402 g/mol. The molecule has 110 valence electrons. The first-order valence-corrected chi connectivity index (χ1v) is 7.88. The third kappa shape index (κ3) is 3.00. The maximum Gasteiger partial charge on any atom is 0.264 e. The molecule has 1 aromatic heterocycles. The Balaban J connectivity index is 2.12. The van der Waals surface area contributed by atoms with Crippen LogP contribution in [0.4, 0.5) is 8.78 Å². The minimum atomic E-state index is -0.686. The molecule has 0 saturated heterocycles. The van der Waals surface area contributed by atoms with E-state index in [1.54, 1.807) is 0 Å². The molecular formula is C15H13F2IN2O. The zero-order valence-corrected chi connectivity index (χ0v) is 13.3. The maximum absolute atomic E-state index is 13.3. The summed E-state index contributed by atoms with van der Waals surface area (Å²) in [6, 6.07) is 3.14. The van der Waals surface area contributed by atoms with Crippen molar-refractivity contribution in [2.24, 2.45) is 0 Å². The van der Waals surface area contributed by atoms with E-state index in [0.29, 0.717) is 3.57 Å². The van der Waals surface area contributed by atoms with Crippen LogP contribution in [-0.2, 0) is 0 Å². The van der Waals surface area contributed by atoms with Gasteiger partial charge in [0.2, 0.25) is 0 Å². The summed E-state index contributed by atoms with van der Waals surface area (Å²) in [6.07, 6.45) is 4.26. The van der Waals surface area contributed by atoms with Gasteiger partial charge in [0.25, 0.3) is 5.56 Å². The molecule has 3 nitrogen and oxygen atoms in total. The van der Waals surface area contributed by atoms with E-state index >= 15 is 0 Å². The molecule has 1 aliphatic rings. The molecule has 0 unspecified atom stereocenters. The van der Waals surface area contributed by atoms with E-state index < -0.39 is 11.6 Å². The van der Waals surface area contributed by atoms with Crippen molar-refractivity contribution >= 4 is 22.6 Å². The van der Waals surface area contributed by atoms with Gasteiger partial charge in [0.15, 0.2) is 0 Å². The van der Waals surface area contributed by atoms with Gasteiger partial charge in [-0.15, -0.1) is 0 Å². The highest BCUT2D eigenvalue weighted by atomic mass is 127. The Hall–Kier alpha value is -1.31. The van der Waals surface area contributed by atoms with Crippen LogP contribution in [0.1, 0.15) is 37.3 Å². The van der Waals surface area contributed by atoms with Crippen LogP contribution in [0.25, 0.3) is 11.4 Å². The van der Waals surface area contributed by atoms with Crippen molar-refractivity contribution in [1.29, 1.82) is 0 Å². The lowest BCUT2D eigenvalue weighted by atomic mass is 10.0. The Morgan fingerprint density at radius 3 is 2.38 bits per heavy atom. The first kappa shape index (κ1) is 14.6. The molecule has 0 amide bonds. The Bertz CT molecular complexity index is 719. The molecule has 0 aliphatic heterocycles. The van der Waals surface area contributed by atoms with Crippen molar-refractivity contribution in [3.8, 4) is 11.4 Å². The van der Waals surface area contributed by atoms with Crippen molar-refractivity contribution in [2.75, 3.05) is 0 Å². The molecule has 0 spiro atoms. The highest BCUT2D eigenvalue weighted by Gasteiger charge is 2.23. The van der Waals surface area contributed by atoms with Gasteiger partial charge in [-0.3, -0.25) is 4.79 Å². The number of hydrogen-bond acceptors (Lipinski definition) is 2. The molecule has 1 fully saturated rings. The summed E-state index contributed by atoms with van der Waals surface area (Å²) in [6.45, 7) is 0. The van der Waals surface area contributed by atoms with Crippen LogP contribution >= 0.6 is 22.6 Å². The van der Waals surface area contributed by atoms with Crippen molar-refractivity contribution < 1.29 is 8.78 Å². The van der Waals surface area contributed by atoms with Gasteiger partial charge < -0.3 is 4.98 Å². The fourth-order valence-corrected chi connectivity index (χ4v) is 3.47. The van der Waals surface area contributed by atoms with Crippen LogP contribution in [0.5, 0.6) is 0 Å². The molecule has 21 heavy (non-hydrogen) atoms. The van der Waals surface area contributed by atoms with Gasteiger partial charge in [-0.1, -0.05) is 12.8 Å². The molecule has 1 heterocycles. The second-order valence-electron chi connectivity index (χ2n) is 5.25. The lowest BCUT2D eigenvalue weighted by molar-refractivity contribution is 0.584. The monoisotopic (exact) mass is 402 g/mol. The van der Waals surface area contributed by atoms with E-state index in [0.717, 1.165) is 37.4 Å². The van der Waals surface area contributed by atoms with Crippen molar-refractivity contribution in [3.05, 3.63) is 49.5 Å².